The molecule has 186 valence electrons. The average Bonchev–Trinajstić information content (AvgIpc) is 3.58. The number of aromatic nitrogens is 4. The second kappa shape index (κ2) is 9.62. The minimum atomic E-state index is -4.66. The summed E-state index contributed by atoms with van der Waals surface area (Å²) in [7, 11) is 0. The van der Waals surface area contributed by atoms with Gasteiger partial charge in [-0.2, -0.15) is 17.9 Å². The summed E-state index contributed by atoms with van der Waals surface area (Å²) >= 11 is 3.96. The molecule has 0 unspecified atom stereocenters. The van der Waals surface area contributed by atoms with Crippen molar-refractivity contribution in [2.24, 2.45) is 5.92 Å². The smallest absolute Gasteiger partial charge is 0.374 e. The third-order valence-electron chi connectivity index (χ3n) is 7.19. The van der Waals surface area contributed by atoms with Crippen molar-refractivity contribution in [1.82, 2.24) is 20.2 Å². The first kappa shape index (κ1) is 24.9. The molecule has 0 amide bonds. The number of hydrogen-bond donors (Lipinski definition) is 0. The van der Waals surface area contributed by atoms with Gasteiger partial charge in [0.2, 0.25) is 0 Å². The van der Waals surface area contributed by atoms with Gasteiger partial charge in [0.25, 0.3) is 5.82 Å². The first-order chi connectivity index (χ1) is 16.8. The number of nitrogens with zero attached hydrogens (tertiary/aromatic N) is 4. The lowest BCUT2D eigenvalue weighted by Crippen LogP contribution is -2.33. The Hall–Kier alpha value is -1.73. The molecule has 5 rings (SSSR count). The first-order valence-electron chi connectivity index (χ1n) is 11.2. The van der Waals surface area contributed by atoms with Gasteiger partial charge in [-0.25, -0.2) is 4.39 Å². The number of benzene rings is 2. The van der Waals surface area contributed by atoms with E-state index in [-0.39, 0.29) is 28.9 Å². The number of tetrazole rings is 1. The molecule has 5 nitrogen and oxygen atoms in total. The van der Waals surface area contributed by atoms with E-state index in [2.05, 4.69) is 38.1 Å². The zero-order valence-corrected chi connectivity index (χ0v) is 21.8. The molecular formula is C24H23F4IN4OS. The highest BCUT2D eigenvalue weighted by Crippen LogP contribution is 2.57. The summed E-state index contributed by atoms with van der Waals surface area (Å²) in [6.45, 7) is 0.477. The van der Waals surface area contributed by atoms with E-state index in [0.29, 0.717) is 12.5 Å². The Morgan fingerprint density at radius 3 is 2.66 bits per heavy atom. The normalized spacial score (nSPS) is 26.6. The summed E-state index contributed by atoms with van der Waals surface area (Å²) in [5, 5.41) is 10.0. The Balaban J connectivity index is 1.50. The molecule has 2 fully saturated rings. The van der Waals surface area contributed by atoms with Gasteiger partial charge in [-0.05, 0) is 83.3 Å². The van der Waals surface area contributed by atoms with Crippen LogP contribution in [0.4, 0.5) is 17.6 Å². The molecule has 0 N–H and O–H groups in total. The predicted octanol–water partition coefficient (Wildman–Crippen LogP) is 6.41. The Labute approximate surface area is 218 Å². The van der Waals surface area contributed by atoms with Crippen molar-refractivity contribution < 1.29 is 22.3 Å². The largest absolute Gasteiger partial charge is 0.453 e. The van der Waals surface area contributed by atoms with E-state index in [0.717, 1.165) is 44.4 Å². The van der Waals surface area contributed by atoms with Gasteiger partial charge in [0.05, 0.1) is 17.9 Å². The van der Waals surface area contributed by atoms with Gasteiger partial charge in [0.1, 0.15) is 5.82 Å². The summed E-state index contributed by atoms with van der Waals surface area (Å²) in [5.74, 6) is -0.848. The maximum Gasteiger partial charge on any atom is 0.453 e. The number of hydrogen-bond acceptors (Lipinski definition) is 5. The van der Waals surface area contributed by atoms with Crippen LogP contribution in [0.2, 0.25) is 0 Å². The van der Waals surface area contributed by atoms with Crippen molar-refractivity contribution >= 4 is 34.4 Å². The van der Waals surface area contributed by atoms with E-state index >= 15 is 0 Å². The van der Waals surface area contributed by atoms with Crippen molar-refractivity contribution in [3.8, 4) is 5.69 Å². The Kier molecular flexibility index (Phi) is 6.86. The van der Waals surface area contributed by atoms with Crippen LogP contribution in [0.1, 0.15) is 48.0 Å². The molecule has 1 spiro atoms. The van der Waals surface area contributed by atoms with E-state index in [1.165, 1.54) is 12.1 Å². The van der Waals surface area contributed by atoms with Gasteiger partial charge in [-0.1, -0.05) is 34.7 Å². The molecule has 1 aliphatic carbocycles. The molecule has 3 aromatic rings. The standard InChI is InChI=1S/C24H23F4IN4OS/c1-35-20-7-6-18(33-22(24(26,27)28)30-31-32-33)10-19(20)16-11-23(34-13-16)9-8-15(12-29)21(23)14-2-4-17(25)5-3-14/h2-7,10,15-16,21H,8-9,11-13H2,1H3/t15-,16-,21-,23-/m1/s1. The number of thioether (sulfide) groups is 1. The van der Waals surface area contributed by atoms with Crippen LogP contribution in [0.15, 0.2) is 47.4 Å². The molecule has 1 saturated carbocycles. The average molecular weight is 618 g/mol. The van der Waals surface area contributed by atoms with E-state index < -0.39 is 12.0 Å². The lowest BCUT2D eigenvalue weighted by atomic mass is 9.77. The van der Waals surface area contributed by atoms with Crippen LogP contribution < -0.4 is 0 Å². The molecular weight excluding hydrogens is 595 g/mol. The molecule has 1 aliphatic heterocycles. The van der Waals surface area contributed by atoms with Crippen LogP contribution in [0.5, 0.6) is 0 Å². The summed E-state index contributed by atoms with van der Waals surface area (Å²) in [6, 6.07) is 11.9. The van der Waals surface area contributed by atoms with Crippen molar-refractivity contribution in [2.45, 2.75) is 47.8 Å². The van der Waals surface area contributed by atoms with E-state index in [1.807, 2.05) is 24.5 Å². The molecule has 4 atom stereocenters. The molecule has 0 radical (unpaired) electrons. The zero-order chi connectivity index (χ0) is 24.8. The fourth-order valence-electron chi connectivity index (χ4n) is 5.70. The maximum atomic E-state index is 13.6. The Bertz CT molecular complexity index is 1200. The number of halogens is 5. The lowest BCUT2D eigenvalue weighted by Gasteiger charge is -2.33. The second-order valence-electron chi connectivity index (χ2n) is 9.10. The minimum Gasteiger partial charge on any atom is -0.374 e. The third-order valence-corrected chi connectivity index (χ3v) is 9.13. The van der Waals surface area contributed by atoms with Crippen LogP contribution in [0.25, 0.3) is 5.69 Å². The molecule has 2 heterocycles. The fourth-order valence-corrected chi connectivity index (χ4v) is 7.31. The second-order valence-corrected chi connectivity index (χ2v) is 10.8. The molecule has 35 heavy (non-hydrogen) atoms. The third kappa shape index (κ3) is 4.59. The van der Waals surface area contributed by atoms with E-state index in [4.69, 9.17) is 4.74 Å². The quantitative estimate of drug-likeness (QED) is 0.143. The zero-order valence-electron chi connectivity index (χ0n) is 18.8. The van der Waals surface area contributed by atoms with E-state index in [1.54, 1.807) is 23.9 Å². The van der Waals surface area contributed by atoms with Crippen LogP contribution >= 0.6 is 34.4 Å². The van der Waals surface area contributed by atoms with Crippen molar-refractivity contribution in [2.75, 3.05) is 17.3 Å². The number of rotatable bonds is 5. The fraction of sp³-hybridized carbons (Fsp3) is 0.458. The number of alkyl halides is 4. The van der Waals surface area contributed by atoms with Crippen LogP contribution in [-0.2, 0) is 10.9 Å². The van der Waals surface area contributed by atoms with Crippen LogP contribution in [-0.4, -0.2) is 43.1 Å². The molecule has 2 aliphatic rings. The molecule has 1 aromatic heterocycles. The predicted molar refractivity (Wildman–Crippen MR) is 133 cm³/mol. The molecule has 0 bridgehead atoms. The van der Waals surface area contributed by atoms with E-state index in [9.17, 15) is 17.6 Å². The molecule has 1 saturated heterocycles. The highest BCUT2D eigenvalue weighted by atomic mass is 127. The highest BCUT2D eigenvalue weighted by Gasteiger charge is 2.54. The Morgan fingerprint density at radius 2 is 1.97 bits per heavy atom. The van der Waals surface area contributed by atoms with Gasteiger partial charge in [0, 0.05) is 21.2 Å². The highest BCUT2D eigenvalue weighted by molar-refractivity contribution is 14.1. The van der Waals surface area contributed by atoms with Crippen molar-refractivity contribution in [1.29, 1.82) is 0 Å². The monoisotopic (exact) mass is 618 g/mol. The molecule has 11 heteroatoms. The van der Waals surface area contributed by atoms with Crippen molar-refractivity contribution in [3.05, 3.63) is 65.2 Å². The van der Waals surface area contributed by atoms with Crippen LogP contribution in [0.3, 0.4) is 0 Å². The summed E-state index contributed by atoms with van der Waals surface area (Å²) in [4.78, 5) is 0.989. The molecule has 2 aromatic carbocycles. The van der Waals surface area contributed by atoms with Crippen LogP contribution in [0, 0.1) is 11.7 Å². The van der Waals surface area contributed by atoms with Gasteiger partial charge in [0.15, 0.2) is 0 Å². The summed E-state index contributed by atoms with van der Waals surface area (Å²) in [6.07, 6.45) is -0.0410. The van der Waals surface area contributed by atoms with Gasteiger partial charge >= 0.3 is 6.18 Å². The minimum absolute atomic E-state index is 0.0131. The summed E-state index contributed by atoms with van der Waals surface area (Å²) < 4.78 is 62.1. The van der Waals surface area contributed by atoms with Gasteiger partial charge < -0.3 is 4.74 Å². The summed E-state index contributed by atoms with van der Waals surface area (Å²) in [5.41, 5.74) is 1.90. The van der Waals surface area contributed by atoms with Gasteiger partial charge in [-0.3, -0.25) is 0 Å². The van der Waals surface area contributed by atoms with Gasteiger partial charge in [-0.15, -0.1) is 16.9 Å². The SMILES string of the molecule is CSc1ccc(-n2nnnc2C(F)(F)F)cc1[C@H]1CO[C@]2(CC[C@H](CI)[C@H]2c2ccc(F)cc2)C1. The topological polar surface area (TPSA) is 52.8 Å². The Morgan fingerprint density at radius 1 is 1.20 bits per heavy atom. The maximum absolute atomic E-state index is 13.6. The van der Waals surface area contributed by atoms with Crippen molar-refractivity contribution in [3.63, 3.8) is 0 Å². The number of ether oxygens (including phenoxy) is 1. The lowest BCUT2D eigenvalue weighted by molar-refractivity contribution is -0.146. The first-order valence-corrected chi connectivity index (χ1v) is 14.0.